The number of rotatable bonds is 8. The maximum absolute atomic E-state index is 13.3. The highest BCUT2D eigenvalue weighted by Crippen LogP contribution is 2.33. The van der Waals surface area contributed by atoms with Crippen molar-refractivity contribution in [3.05, 3.63) is 87.7 Å². The van der Waals surface area contributed by atoms with Crippen LogP contribution in [0.1, 0.15) is 62.6 Å². The molecule has 0 atom stereocenters. The molecular weight excluding hydrogens is 428 g/mol. The minimum absolute atomic E-state index is 0.0682. The van der Waals surface area contributed by atoms with Gasteiger partial charge in [-0.3, -0.25) is 4.98 Å². The lowest BCUT2D eigenvalue weighted by atomic mass is 9.90. The van der Waals surface area contributed by atoms with E-state index in [-0.39, 0.29) is 13.2 Å². The van der Waals surface area contributed by atoms with Crippen LogP contribution in [0.3, 0.4) is 0 Å². The van der Waals surface area contributed by atoms with Crippen LogP contribution in [0, 0.1) is 19.8 Å². The largest absolute Gasteiger partial charge is 0.465 e. The predicted molar refractivity (Wildman–Crippen MR) is 132 cm³/mol. The summed E-state index contributed by atoms with van der Waals surface area (Å²) in [6.07, 6.45) is 0.772. The van der Waals surface area contributed by atoms with E-state index in [1.807, 2.05) is 38.1 Å². The Kier molecular flexibility index (Phi) is 8.18. The maximum Gasteiger partial charge on any atom is 0.340 e. The van der Waals surface area contributed by atoms with E-state index in [1.165, 1.54) is 7.11 Å². The van der Waals surface area contributed by atoms with Gasteiger partial charge in [-0.15, -0.1) is 0 Å². The van der Waals surface area contributed by atoms with Crippen molar-refractivity contribution in [1.82, 2.24) is 4.98 Å². The molecule has 0 bridgehead atoms. The standard InChI is InChI=1S/C28H32N2O4/c1-17(2)14-24-23(15-29)26(21-10-6-18(3)7-11-21)25(19(4)30-24)28(32)34-16-20-8-12-22(13-9-20)27(31)33-5/h6-13,17H,14-16,29H2,1-5H3. The number of methoxy groups -OCH3 is 1. The molecule has 0 amide bonds. The smallest absolute Gasteiger partial charge is 0.340 e. The Labute approximate surface area is 201 Å². The zero-order valence-corrected chi connectivity index (χ0v) is 20.5. The van der Waals surface area contributed by atoms with Gasteiger partial charge >= 0.3 is 11.9 Å². The minimum atomic E-state index is -0.455. The normalized spacial score (nSPS) is 10.9. The molecule has 0 spiro atoms. The Balaban J connectivity index is 1.99. The monoisotopic (exact) mass is 460 g/mol. The summed E-state index contributed by atoms with van der Waals surface area (Å²) in [5.74, 6) is -0.471. The summed E-state index contributed by atoms with van der Waals surface area (Å²) in [6.45, 7) is 8.47. The van der Waals surface area contributed by atoms with E-state index >= 15 is 0 Å². The topological polar surface area (TPSA) is 91.5 Å². The lowest BCUT2D eigenvalue weighted by molar-refractivity contribution is 0.0470. The van der Waals surface area contributed by atoms with E-state index < -0.39 is 11.9 Å². The Morgan fingerprint density at radius 1 is 0.971 bits per heavy atom. The number of aryl methyl sites for hydroxylation is 2. The first-order valence-electron chi connectivity index (χ1n) is 11.4. The fourth-order valence-corrected chi connectivity index (χ4v) is 3.94. The van der Waals surface area contributed by atoms with E-state index in [1.54, 1.807) is 24.3 Å². The second-order valence-electron chi connectivity index (χ2n) is 8.81. The molecule has 6 nitrogen and oxygen atoms in total. The number of nitrogens with zero attached hydrogens (tertiary/aromatic N) is 1. The molecule has 1 heterocycles. The van der Waals surface area contributed by atoms with Crippen LogP contribution in [0.15, 0.2) is 48.5 Å². The van der Waals surface area contributed by atoms with Crippen molar-refractivity contribution in [2.45, 2.75) is 47.3 Å². The van der Waals surface area contributed by atoms with Gasteiger partial charge in [0, 0.05) is 17.8 Å². The van der Waals surface area contributed by atoms with Crippen molar-refractivity contribution >= 4 is 11.9 Å². The highest BCUT2D eigenvalue weighted by Gasteiger charge is 2.24. The van der Waals surface area contributed by atoms with Crippen LogP contribution in [0.4, 0.5) is 0 Å². The van der Waals surface area contributed by atoms with Gasteiger partial charge in [0.1, 0.15) is 6.61 Å². The number of carbonyl (C=O) groups excluding carboxylic acids is 2. The summed E-state index contributed by atoms with van der Waals surface area (Å²) in [5.41, 5.74) is 13.1. The summed E-state index contributed by atoms with van der Waals surface area (Å²) < 4.78 is 10.4. The maximum atomic E-state index is 13.3. The summed E-state index contributed by atoms with van der Waals surface area (Å²) in [7, 11) is 1.34. The zero-order valence-electron chi connectivity index (χ0n) is 20.5. The van der Waals surface area contributed by atoms with Gasteiger partial charge in [0.25, 0.3) is 0 Å². The van der Waals surface area contributed by atoms with Crippen LogP contribution < -0.4 is 5.73 Å². The Morgan fingerprint density at radius 2 is 1.62 bits per heavy atom. The summed E-state index contributed by atoms with van der Waals surface area (Å²) in [6, 6.07) is 14.8. The minimum Gasteiger partial charge on any atom is -0.465 e. The van der Waals surface area contributed by atoms with Gasteiger partial charge in [-0.1, -0.05) is 55.8 Å². The van der Waals surface area contributed by atoms with E-state index in [9.17, 15) is 9.59 Å². The number of benzene rings is 2. The predicted octanol–water partition coefficient (Wildman–Crippen LogP) is 5.17. The molecule has 1 aromatic heterocycles. The van der Waals surface area contributed by atoms with Gasteiger partial charge in [-0.25, -0.2) is 9.59 Å². The van der Waals surface area contributed by atoms with Crippen molar-refractivity contribution in [3.8, 4) is 11.1 Å². The Hall–Kier alpha value is -3.51. The van der Waals surface area contributed by atoms with E-state index in [0.717, 1.165) is 39.9 Å². The van der Waals surface area contributed by atoms with Crippen LogP contribution >= 0.6 is 0 Å². The molecule has 0 saturated heterocycles. The number of pyridine rings is 1. The Bertz CT molecular complexity index is 1170. The average molecular weight is 461 g/mol. The molecule has 0 aliphatic rings. The van der Waals surface area contributed by atoms with Gasteiger partial charge in [0.15, 0.2) is 0 Å². The number of hydrogen-bond donors (Lipinski definition) is 1. The van der Waals surface area contributed by atoms with Crippen molar-refractivity contribution in [2.75, 3.05) is 7.11 Å². The second kappa shape index (κ2) is 11.1. The van der Waals surface area contributed by atoms with Crippen LogP contribution in [-0.4, -0.2) is 24.0 Å². The molecule has 34 heavy (non-hydrogen) atoms. The lowest BCUT2D eigenvalue weighted by Gasteiger charge is -2.20. The van der Waals surface area contributed by atoms with Gasteiger partial charge in [-0.05, 0) is 55.0 Å². The molecule has 3 aromatic rings. The third-order valence-corrected chi connectivity index (χ3v) is 5.66. The number of esters is 2. The molecule has 2 N–H and O–H groups in total. The fraction of sp³-hybridized carbons (Fsp3) is 0.321. The lowest BCUT2D eigenvalue weighted by Crippen LogP contribution is -2.17. The van der Waals surface area contributed by atoms with Gasteiger partial charge < -0.3 is 15.2 Å². The molecule has 0 aliphatic heterocycles. The van der Waals surface area contributed by atoms with Crippen molar-refractivity contribution < 1.29 is 19.1 Å². The first-order chi connectivity index (χ1) is 16.2. The van der Waals surface area contributed by atoms with Crippen molar-refractivity contribution in [2.24, 2.45) is 11.7 Å². The third-order valence-electron chi connectivity index (χ3n) is 5.66. The van der Waals surface area contributed by atoms with Crippen molar-refractivity contribution in [3.63, 3.8) is 0 Å². The molecule has 0 unspecified atom stereocenters. The van der Waals surface area contributed by atoms with Crippen LogP contribution in [0.25, 0.3) is 11.1 Å². The molecule has 0 fully saturated rings. The third kappa shape index (κ3) is 5.69. The first kappa shape index (κ1) is 25.1. The summed E-state index contributed by atoms with van der Waals surface area (Å²) in [5, 5.41) is 0. The fourth-order valence-electron chi connectivity index (χ4n) is 3.94. The van der Waals surface area contributed by atoms with Crippen molar-refractivity contribution in [1.29, 1.82) is 0 Å². The molecule has 6 heteroatoms. The second-order valence-corrected chi connectivity index (χ2v) is 8.81. The molecule has 0 aliphatic carbocycles. The molecule has 2 aromatic carbocycles. The molecule has 0 radical (unpaired) electrons. The number of hydrogen-bond acceptors (Lipinski definition) is 6. The Morgan fingerprint density at radius 3 is 2.18 bits per heavy atom. The average Bonchev–Trinajstić information content (AvgIpc) is 2.82. The van der Waals surface area contributed by atoms with E-state index in [0.29, 0.717) is 22.7 Å². The molecule has 178 valence electrons. The van der Waals surface area contributed by atoms with Gasteiger partial charge in [0.05, 0.1) is 23.9 Å². The number of carbonyl (C=O) groups is 2. The summed E-state index contributed by atoms with van der Waals surface area (Å²) >= 11 is 0. The highest BCUT2D eigenvalue weighted by molar-refractivity contribution is 5.99. The molecule has 3 rings (SSSR count). The SMILES string of the molecule is COC(=O)c1ccc(COC(=O)c2c(C)nc(CC(C)C)c(CN)c2-c2ccc(C)cc2)cc1. The molecular formula is C28H32N2O4. The number of nitrogens with two attached hydrogens (primary N) is 1. The van der Waals surface area contributed by atoms with Crippen LogP contribution in [-0.2, 0) is 29.0 Å². The van der Waals surface area contributed by atoms with Crippen LogP contribution in [0.5, 0.6) is 0 Å². The van der Waals surface area contributed by atoms with Crippen LogP contribution in [0.2, 0.25) is 0 Å². The van der Waals surface area contributed by atoms with Gasteiger partial charge in [0.2, 0.25) is 0 Å². The number of aromatic nitrogens is 1. The summed E-state index contributed by atoms with van der Waals surface area (Å²) in [4.78, 5) is 29.8. The quantitative estimate of drug-likeness (QED) is 0.467. The van der Waals surface area contributed by atoms with Gasteiger partial charge in [-0.2, -0.15) is 0 Å². The van der Waals surface area contributed by atoms with E-state index in [2.05, 4.69) is 13.8 Å². The first-order valence-corrected chi connectivity index (χ1v) is 11.4. The molecule has 0 saturated carbocycles. The van der Waals surface area contributed by atoms with E-state index in [4.69, 9.17) is 20.2 Å². The zero-order chi connectivity index (χ0) is 24.8. The number of ether oxygens (including phenoxy) is 2. The highest BCUT2D eigenvalue weighted by atomic mass is 16.5.